The maximum absolute atomic E-state index is 11.3. The van der Waals surface area contributed by atoms with Gasteiger partial charge in [-0.15, -0.1) is 0 Å². The molecule has 3 heteroatoms. The summed E-state index contributed by atoms with van der Waals surface area (Å²) in [5.74, 6) is -0.706. The zero-order valence-corrected chi connectivity index (χ0v) is 14.2. The molecule has 0 aliphatic carbocycles. The second-order valence-electron chi connectivity index (χ2n) is 5.86. The Morgan fingerprint density at radius 2 is 1.96 bits per heavy atom. The van der Waals surface area contributed by atoms with E-state index in [1.54, 1.807) is 6.92 Å². The molecule has 0 amide bonds. The second-order valence-corrected chi connectivity index (χ2v) is 5.86. The maximum atomic E-state index is 11.3. The smallest absolute Gasteiger partial charge is 0.310 e. The van der Waals surface area contributed by atoms with E-state index in [0.29, 0.717) is 12.4 Å². The Kier molecular flexibility index (Phi) is 6.62. The van der Waals surface area contributed by atoms with Crippen LogP contribution in [0.3, 0.4) is 0 Å². The molecule has 24 heavy (non-hydrogen) atoms. The standard InChI is InChI=1S/C21H24O3/c1-3-4-6-11-18-12-19(16(2)21(22)23)14-20(13-18)24-15-17-9-7-5-8-10-17/h5-14,16H,3-4,15H2,1-2H3,(H,22,23)/b11-6+. The molecule has 0 bridgehead atoms. The molecule has 0 aliphatic heterocycles. The van der Waals surface area contributed by atoms with Gasteiger partial charge in [0.1, 0.15) is 12.4 Å². The van der Waals surface area contributed by atoms with Gasteiger partial charge in [-0.2, -0.15) is 0 Å². The van der Waals surface area contributed by atoms with Crippen LogP contribution in [0.5, 0.6) is 5.75 Å². The average Bonchev–Trinajstić information content (AvgIpc) is 2.60. The number of unbranched alkanes of at least 4 members (excludes halogenated alkanes) is 1. The van der Waals surface area contributed by atoms with Gasteiger partial charge in [-0.1, -0.05) is 61.9 Å². The fraction of sp³-hybridized carbons (Fsp3) is 0.286. The Morgan fingerprint density at radius 3 is 2.62 bits per heavy atom. The molecule has 0 spiro atoms. The van der Waals surface area contributed by atoms with Crippen LogP contribution < -0.4 is 4.74 Å². The van der Waals surface area contributed by atoms with Crippen LogP contribution in [0.2, 0.25) is 0 Å². The van der Waals surface area contributed by atoms with Crippen LogP contribution >= 0.6 is 0 Å². The first-order chi connectivity index (χ1) is 11.6. The van der Waals surface area contributed by atoms with Crippen molar-refractivity contribution in [1.82, 2.24) is 0 Å². The first-order valence-electron chi connectivity index (χ1n) is 8.31. The largest absolute Gasteiger partial charge is 0.489 e. The summed E-state index contributed by atoms with van der Waals surface area (Å²) in [6, 6.07) is 15.6. The number of rotatable bonds is 8. The third-order valence-electron chi connectivity index (χ3n) is 3.84. The van der Waals surface area contributed by atoms with Gasteiger partial charge in [0, 0.05) is 0 Å². The summed E-state index contributed by atoms with van der Waals surface area (Å²) in [5.41, 5.74) is 2.80. The molecule has 0 aliphatic rings. The molecule has 0 saturated heterocycles. The SMILES string of the molecule is CCC/C=C/c1cc(OCc2ccccc2)cc(C(C)C(=O)O)c1. The van der Waals surface area contributed by atoms with Crippen molar-refractivity contribution < 1.29 is 14.6 Å². The highest BCUT2D eigenvalue weighted by molar-refractivity contribution is 5.76. The lowest BCUT2D eigenvalue weighted by molar-refractivity contribution is -0.138. The number of carboxylic acid groups (broad SMARTS) is 1. The summed E-state index contributed by atoms with van der Waals surface area (Å²) in [7, 11) is 0. The minimum absolute atomic E-state index is 0.462. The van der Waals surface area contributed by atoms with Crippen molar-refractivity contribution in [2.75, 3.05) is 0 Å². The van der Waals surface area contributed by atoms with E-state index < -0.39 is 11.9 Å². The van der Waals surface area contributed by atoms with E-state index in [1.165, 1.54) is 0 Å². The third kappa shape index (κ3) is 5.27. The molecule has 1 atom stereocenters. The fourth-order valence-electron chi connectivity index (χ4n) is 2.35. The van der Waals surface area contributed by atoms with E-state index in [4.69, 9.17) is 4.74 Å². The average molecular weight is 324 g/mol. The van der Waals surface area contributed by atoms with Gasteiger partial charge >= 0.3 is 5.97 Å². The molecule has 0 radical (unpaired) electrons. The second kappa shape index (κ2) is 8.92. The van der Waals surface area contributed by atoms with Gasteiger partial charge < -0.3 is 9.84 Å². The van der Waals surface area contributed by atoms with Gasteiger partial charge in [-0.05, 0) is 42.2 Å². The van der Waals surface area contributed by atoms with E-state index in [2.05, 4.69) is 13.0 Å². The van der Waals surface area contributed by atoms with E-state index in [-0.39, 0.29) is 0 Å². The first kappa shape index (κ1) is 17.8. The predicted octanol–water partition coefficient (Wildman–Crippen LogP) is 5.27. The fourth-order valence-corrected chi connectivity index (χ4v) is 2.35. The highest BCUT2D eigenvalue weighted by atomic mass is 16.5. The number of carboxylic acids is 1. The summed E-state index contributed by atoms with van der Waals surface area (Å²) in [6.07, 6.45) is 6.21. The number of carbonyl (C=O) groups is 1. The van der Waals surface area contributed by atoms with Gasteiger partial charge in [0.15, 0.2) is 0 Å². The van der Waals surface area contributed by atoms with Crippen LogP contribution in [0.1, 0.15) is 49.3 Å². The molecule has 0 aromatic heterocycles. The lowest BCUT2D eigenvalue weighted by atomic mass is 9.98. The maximum Gasteiger partial charge on any atom is 0.310 e. The quantitative estimate of drug-likeness (QED) is 0.720. The molecule has 2 rings (SSSR count). The van der Waals surface area contributed by atoms with Crippen LogP contribution in [-0.2, 0) is 11.4 Å². The molecule has 0 heterocycles. The number of hydrogen-bond acceptors (Lipinski definition) is 2. The molecule has 2 aromatic rings. The highest BCUT2D eigenvalue weighted by Gasteiger charge is 2.15. The molecular weight excluding hydrogens is 300 g/mol. The third-order valence-corrected chi connectivity index (χ3v) is 3.84. The van der Waals surface area contributed by atoms with Gasteiger partial charge in [0.25, 0.3) is 0 Å². The van der Waals surface area contributed by atoms with Crippen LogP contribution in [0, 0.1) is 0 Å². The van der Waals surface area contributed by atoms with Crippen molar-refractivity contribution in [3.63, 3.8) is 0 Å². The van der Waals surface area contributed by atoms with Crippen molar-refractivity contribution in [3.8, 4) is 5.75 Å². The summed E-state index contributed by atoms with van der Waals surface area (Å²) >= 11 is 0. The van der Waals surface area contributed by atoms with Crippen LogP contribution in [0.15, 0.2) is 54.6 Å². The summed E-state index contributed by atoms with van der Waals surface area (Å²) in [6.45, 7) is 4.28. The number of aliphatic carboxylic acids is 1. The molecule has 1 N–H and O–H groups in total. The first-order valence-corrected chi connectivity index (χ1v) is 8.31. The van der Waals surface area contributed by atoms with Crippen molar-refractivity contribution in [2.45, 2.75) is 39.2 Å². The summed E-state index contributed by atoms with van der Waals surface area (Å²) < 4.78 is 5.88. The van der Waals surface area contributed by atoms with E-state index in [9.17, 15) is 9.90 Å². The lowest BCUT2D eigenvalue weighted by Gasteiger charge is -2.12. The predicted molar refractivity (Wildman–Crippen MR) is 97.2 cm³/mol. The Morgan fingerprint density at radius 1 is 1.21 bits per heavy atom. The van der Waals surface area contributed by atoms with E-state index in [0.717, 1.165) is 29.5 Å². The molecule has 2 aromatic carbocycles. The van der Waals surface area contributed by atoms with Gasteiger partial charge in [-0.25, -0.2) is 0 Å². The molecule has 0 saturated carbocycles. The monoisotopic (exact) mass is 324 g/mol. The summed E-state index contributed by atoms with van der Waals surface area (Å²) in [5, 5.41) is 9.28. The van der Waals surface area contributed by atoms with E-state index in [1.807, 2.05) is 54.6 Å². The number of hydrogen-bond donors (Lipinski definition) is 1. The number of ether oxygens (including phenoxy) is 1. The minimum atomic E-state index is -0.835. The Bertz CT molecular complexity index is 689. The number of allylic oxidation sites excluding steroid dienone is 1. The van der Waals surface area contributed by atoms with Crippen LogP contribution in [-0.4, -0.2) is 11.1 Å². The van der Waals surface area contributed by atoms with Gasteiger partial charge in [-0.3, -0.25) is 4.79 Å². The normalized spacial score (nSPS) is 12.2. The van der Waals surface area contributed by atoms with Crippen LogP contribution in [0.25, 0.3) is 6.08 Å². The Hall–Kier alpha value is -2.55. The molecular formula is C21H24O3. The van der Waals surface area contributed by atoms with Gasteiger partial charge in [0.2, 0.25) is 0 Å². The molecule has 126 valence electrons. The van der Waals surface area contributed by atoms with Gasteiger partial charge in [0.05, 0.1) is 5.92 Å². The highest BCUT2D eigenvalue weighted by Crippen LogP contribution is 2.25. The lowest BCUT2D eigenvalue weighted by Crippen LogP contribution is -2.08. The zero-order valence-electron chi connectivity index (χ0n) is 14.2. The van der Waals surface area contributed by atoms with E-state index >= 15 is 0 Å². The van der Waals surface area contributed by atoms with Crippen LogP contribution in [0.4, 0.5) is 0 Å². The topological polar surface area (TPSA) is 46.5 Å². The van der Waals surface area contributed by atoms with Crippen molar-refractivity contribution >= 4 is 12.0 Å². The Labute approximate surface area is 143 Å². The van der Waals surface area contributed by atoms with Crippen molar-refractivity contribution in [2.24, 2.45) is 0 Å². The zero-order chi connectivity index (χ0) is 17.4. The van der Waals surface area contributed by atoms with Crippen molar-refractivity contribution in [1.29, 1.82) is 0 Å². The Balaban J connectivity index is 2.22. The molecule has 1 unspecified atom stereocenters. The summed E-state index contributed by atoms with van der Waals surface area (Å²) in [4.78, 5) is 11.3. The molecule has 3 nitrogen and oxygen atoms in total. The minimum Gasteiger partial charge on any atom is -0.489 e. The van der Waals surface area contributed by atoms with Crippen molar-refractivity contribution in [3.05, 3.63) is 71.3 Å². The molecule has 0 fully saturated rings. The number of benzene rings is 2.